The van der Waals surface area contributed by atoms with E-state index in [1.807, 2.05) is 25.1 Å². The maximum Gasteiger partial charge on any atom is 0.338 e. The molecule has 0 saturated carbocycles. The number of nitrogens with zero attached hydrogens (tertiary/aromatic N) is 2. The third kappa shape index (κ3) is 4.36. The minimum absolute atomic E-state index is 0.108. The number of ether oxygens (including phenoxy) is 3. The van der Waals surface area contributed by atoms with Crippen LogP contribution in [0.5, 0.6) is 11.5 Å². The van der Waals surface area contributed by atoms with E-state index in [0.717, 1.165) is 5.56 Å². The summed E-state index contributed by atoms with van der Waals surface area (Å²) in [7, 11) is 0. The summed E-state index contributed by atoms with van der Waals surface area (Å²) in [6.45, 7) is 1.85. The molecule has 0 saturated heterocycles. The van der Waals surface area contributed by atoms with E-state index in [4.69, 9.17) is 19.5 Å². The van der Waals surface area contributed by atoms with E-state index >= 15 is 0 Å². The van der Waals surface area contributed by atoms with Crippen molar-refractivity contribution in [2.75, 3.05) is 24.8 Å². The molecular weight excluding hydrogens is 348 g/mol. The van der Waals surface area contributed by atoms with Crippen LogP contribution in [-0.2, 0) is 9.53 Å². The molecular formula is C20H18N2O5. The SMILES string of the molecule is Cc1ccc(N(CCC#N)C(=O)COC(=O)c2ccc3c(c2)OCO3)cc1. The zero-order valence-electron chi connectivity index (χ0n) is 14.8. The second-order valence-corrected chi connectivity index (χ2v) is 5.93. The summed E-state index contributed by atoms with van der Waals surface area (Å²) in [4.78, 5) is 26.2. The molecule has 0 atom stereocenters. The molecule has 1 heterocycles. The number of hydrogen-bond acceptors (Lipinski definition) is 6. The van der Waals surface area contributed by atoms with Crippen LogP contribution >= 0.6 is 0 Å². The number of nitriles is 1. The van der Waals surface area contributed by atoms with Gasteiger partial charge < -0.3 is 19.1 Å². The lowest BCUT2D eigenvalue weighted by Crippen LogP contribution is -2.35. The van der Waals surface area contributed by atoms with Crippen LogP contribution in [0, 0.1) is 18.3 Å². The fourth-order valence-electron chi connectivity index (χ4n) is 2.60. The second kappa shape index (κ2) is 8.23. The van der Waals surface area contributed by atoms with Gasteiger partial charge in [-0.05, 0) is 37.3 Å². The van der Waals surface area contributed by atoms with Crippen molar-refractivity contribution in [3.63, 3.8) is 0 Å². The molecule has 0 N–H and O–H groups in total. The lowest BCUT2D eigenvalue weighted by molar-refractivity contribution is -0.121. The summed E-state index contributed by atoms with van der Waals surface area (Å²) in [6.07, 6.45) is 0.176. The number of rotatable bonds is 6. The molecule has 138 valence electrons. The number of amides is 1. The van der Waals surface area contributed by atoms with E-state index in [1.54, 1.807) is 24.3 Å². The first-order valence-electron chi connectivity index (χ1n) is 8.39. The first-order chi connectivity index (χ1) is 13.1. The zero-order chi connectivity index (χ0) is 19.2. The fraction of sp³-hybridized carbons (Fsp3) is 0.250. The number of fused-ring (bicyclic) bond motifs is 1. The zero-order valence-corrected chi connectivity index (χ0v) is 14.8. The predicted octanol–water partition coefficient (Wildman–Crippen LogP) is 2.83. The molecule has 0 aromatic heterocycles. The monoisotopic (exact) mass is 366 g/mol. The Morgan fingerprint density at radius 1 is 1.15 bits per heavy atom. The van der Waals surface area contributed by atoms with Crippen molar-refractivity contribution in [3.8, 4) is 17.6 Å². The van der Waals surface area contributed by atoms with Crippen LogP contribution in [0.25, 0.3) is 0 Å². The summed E-state index contributed by atoms with van der Waals surface area (Å²) >= 11 is 0. The van der Waals surface area contributed by atoms with E-state index in [-0.39, 0.29) is 25.3 Å². The van der Waals surface area contributed by atoms with Gasteiger partial charge in [-0.25, -0.2) is 4.79 Å². The van der Waals surface area contributed by atoms with Crippen LogP contribution in [0.2, 0.25) is 0 Å². The molecule has 27 heavy (non-hydrogen) atoms. The Morgan fingerprint density at radius 2 is 1.89 bits per heavy atom. The molecule has 0 spiro atoms. The normalized spacial score (nSPS) is 11.6. The first kappa shape index (κ1) is 18.3. The lowest BCUT2D eigenvalue weighted by Gasteiger charge is -2.21. The van der Waals surface area contributed by atoms with Crippen molar-refractivity contribution in [3.05, 3.63) is 53.6 Å². The van der Waals surface area contributed by atoms with E-state index in [2.05, 4.69) is 0 Å². The minimum atomic E-state index is -0.634. The Morgan fingerprint density at radius 3 is 2.63 bits per heavy atom. The number of anilines is 1. The number of benzene rings is 2. The fourth-order valence-corrected chi connectivity index (χ4v) is 2.60. The van der Waals surface area contributed by atoms with Gasteiger partial charge in [0.1, 0.15) is 0 Å². The quantitative estimate of drug-likeness (QED) is 0.731. The Bertz CT molecular complexity index is 886. The maximum atomic E-state index is 12.6. The highest BCUT2D eigenvalue weighted by Crippen LogP contribution is 2.32. The van der Waals surface area contributed by atoms with Crippen LogP contribution in [0.3, 0.4) is 0 Å². The van der Waals surface area contributed by atoms with Crippen LogP contribution in [0.1, 0.15) is 22.3 Å². The Hall–Kier alpha value is -3.53. The summed E-state index contributed by atoms with van der Waals surface area (Å²) in [5.74, 6) is -0.00950. The number of carbonyl (C=O) groups excluding carboxylic acids is 2. The molecule has 0 unspecified atom stereocenters. The molecule has 0 aliphatic carbocycles. The van der Waals surface area contributed by atoms with Crippen LogP contribution in [-0.4, -0.2) is 31.8 Å². The Labute approximate surface area is 156 Å². The minimum Gasteiger partial charge on any atom is -0.454 e. The predicted molar refractivity (Wildman–Crippen MR) is 96.6 cm³/mol. The number of carbonyl (C=O) groups is 2. The molecule has 0 radical (unpaired) electrons. The van der Waals surface area contributed by atoms with Crippen molar-refractivity contribution < 1.29 is 23.8 Å². The van der Waals surface area contributed by atoms with Crippen LogP contribution in [0.15, 0.2) is 42.5 Å². The van der Waals surface area contributed by atoms with Crippen molar-refractivity contribution in [1.82, 2.24) is 0 Å². The molecule has 2 aromatic carbocycles. The third-order valence-corrected chi connectivity index (χ3v) is 4.03. The topological polar surface area (TPSA) is 88.9 Å². The number of esters is 1. The molecule has 0 bridgehead atoms. The summed E-state index contributed by atoms with van der Waals surface area (Å²) in [6, 6.07) is 14.0. The summed E-state index contributed by atoms with van der Waals surface area (Å²) in [5, 5.41) is 8.84. The molecule has 2 aromatic rings. The van der Waals surface area contributed by atoms with Gasteiger partial charge >= 0.3 is 5.97 Å². The standard InChI is InChI=1S/C20H18N2O5/c1-14-3-6-16(7-4-14)22(10-2-9-21)19(23)12-25-20(24)15-5-8-17-18(11-15)27-13-26-17/h3-8,11H,2,10,12-13H2,1H3. The van der Waals surface area contributed by atoms with Gasteiger partial charge in [-0.1, -0.05) is 17.7 Å². The van der Waals surface area contributed by atoms with E-state index < -0.39 is 18.5 Å². The smallest absolute Gasteiger partial charge is 0.338 e. The molecule has 1 amide bonds. The molecule has 0 fully saturated rings. The second-order valence-electron chi connectivity index (χ2n) is 5.93. The molecule has 3 rings (SSSR count). The van der Waals surface area contributed by atoms with E-state index in [1.165, 1.54) is 11.0 Å². The highest BCUT2D eigenvalue weighted by molar-refractivity contribution is 5.97. The van der Waals surface area contributed by atoms with Gasteiger partial charge in [-0.3, -0.25) is 4.79 Å². The summed E-state index contributed by atoms with van der Waals surface area (Å²) < 4.78 is 15.6. The van der Waals surface area contributed by atoms with E-state index in [9.17, 15) is 9.59 Å². The van der Waals surface area contributed by atoms with Gasteiger partial charge in [0.25, 0.3) is 5.91 Å². The molecule has 1 aliphatic rings. The maximum absolute atomic E-state index is 12.6. The highest BCUT2D eigenvalue weighted by atomic mass is 16.7. The third-order valence-electron chi connectivity index (χ3n) is 4.03. The largest absolute Gasteiger partial charge is 0.454 e. The average Bonchev–Trinajstić information content (AvgIpc) is 3.15. The van der Waals surface area contributed by atoms with Crippen LogP contribution in [0.4, 0.5) is 5.69 Å². The van der Waals surface area contributed by atoms with Crippen molar-refractivity contribution in [2.45, 2.75) is 13.3 Å². The molecule has 1 aliphatic heterocycles. The van der Waals surface area contributed by atoms with Crippen LogP contribution < -0.4 is 14.4 Å². The van der Waals surface area contributed by atoms with Crippen molar-refractivity contribution >= 4 is 17.6 Å². The lowest BCUT2D eigenvalue weighted by atomic mass is 10.2. The van der Waals surface area contributed by atoms with Gasteiger partial charge in [0.05, 0.1) is 18.1 Å². The average molecular weight is 366 g/mol. The van der Waals surface area contributed by atoms with Gasteiger partial charge in [-0.2, -0.15) is 5.26 Å². The highest BCUT2D eigenvalue weighted by Gasteiger charge is 2.20. The van der Waals surface area contributed by atoms with Gasteiger partial charge in [-0.15, -0.1) is 0 Å². The Kier molecular flexibility index (Phi) is 5.57. The van der Waals surface area contributed by atoms with Gasteiger partial charge in [0, 0.05) is 12.2 Å². The first-order valence-corrected chi connectivity index (χ1v) is 8.39. The van der Waals surface area contributed by atoms with Gasteiger partial charge in [0.2, 0.25) is 6.79 Å². The summed E-state index contributed by atoms with van der Waals surface area (Å²) in [5.41, 5.74) is 1.98. The van der Waals surface area contributed by atoms with E-state index in [0.29, 0.717) is 17.2 Å². The number of hydrogen-bond donors (Lipinski definition) is 0. The van der Waals surface area contributed by atoms with Crippen molar-refractivity contribution in [1.29, 1.82) is 5.26 Å². The molecule has 7 heteroatoms. The van der Waals surface area contributed by atoms with Gasteiger partial charge in [0.15, 0.2) is 18.1 Å². The number of aryl methyl sites for hydroxylation is 1. The molecule has 7 nitrogen and oxygen atoms in total. The Balaban J connectivity index is 1.65. The van der Waals surface area contributed by atoms with Crippen molar-refractivity contribution in [2.24, 2.45) is 0 Å².